The molecule has 1 saturated heterocycles. The summed E-state index contributed by atoms with van der Waals surface area (Å²) < 4.78 is 7.29. The fourth-order valence-electron chi connectivity index (χ4n) is 5.78. The number of aromatic nitrogens is 2. The van der Waals surface area contributed by atoms with Gasteiger partial charge in [-0.05, 0) is 92.5 Å². The molecule has 0 unspecified atom stereocenters. The van der Waals surface area contributed by atoms with Crippen LogP contribution in [0.15, 0.2) is 66.9 Å². The summed E-state index contributed by atoms with van der Waals surface area (Å²) in [5.41, 5.74) is 9.41. The van der Waals surface area contributed by atoms with Gasteiger partial charge in [-0.25, -0.2) is 0 Å². The number of benzene rings is 2. The number of hydrogen-bond donors (Lipinski definition) is 2. The smallest absolute Gasteiger partial charge is 0.250 e. The first-order valence-corrected chi connectivity index (χ1v) is 14.4. The van der Waals surface area contributed by atoms with E-state index in [2.05, 4.69) is 72.1 Å². The molecule has 1 amide bonds. The minimum absolute atomic E-state index is 0.0533. The van der Waals surface area contributed by atoms with Crippen LogP contribution < -0.4 is 15.5 Å². The van der Waals surface area contributed by atoms with Crippen LogP contribution >= 0.6 is 23.8 Å². The molecule has 5 rings (SSSR count). The number of hydrogen-bond acceptors (Lipinski definition) is 4. The number of ether oxygens (including phenoxy) is 1. The number of nitrogens with zero attached hydrogens (tertiary/aromatic N) is 3. The van der Waals surface area contributed by atoms with Crippen LogP contribution in [0.2, 0.25) is 5.02 Å². The molecule has 3 heterocycles. The van der Waals surface area contributed by atoms with E-state index in [1.165, 1.54) is 23.9 Å². The van der Waals surface area contributed by atoms with Crippen LogP contribution in [0.3, 0.4) is 0 Å². The van der Waals surface area contributed by atoms with Gasteiger partial charge in [0.15, 0.2) is 5.11 Å². The summed E-state index contributed by atoms with van der Waals surface area (Å²) in [6.45, 7) is 8.62. The fourth-order valence-corrected chi connectivity index (χ4v) is 6.35. The summed E-state index contributed by atoms with van der Waals surface area (Å²) in [5, 5.41) is 7.32. The van der Waals surface area contributed by atoms with Crippen LogP contribution in [-0.4, -0.2) is 34.3 Å². The largest absolute Gasteiger partial charge is 0.375 e. The van der Waals surface area contributed by atoms with Gasteiger partial charge in [0.2, 0.25) is 5.91 Å². The zero-order valence-electron chi connectivity index (χ0n) is 23.9. The van der Waals surface area contributed by atoms with Gasteiger partial charge in [0, 0.05) is 30.4 Å². The predicted molar refractivity (Wildman–Crippen MR) is 169 cm³/mol. The third kappa shape index (κ3) is 5.47. The summed E-state index contributed by atoms with van der Waals surface area (Å²) >= 11 is 12.6. The Labute approximate surface area is 251 Å². The molecule has 9 heteroatoms. The lowest BCUT2D eigenvalue weighted by Crippen LogP contribution is -2.29. The van der Waals surface area contributed by atoms with Gasteiger partial charge >= 0.3 is 0 Å². The number of rotatable bonds is 8. The number of carbonyl (C=O) groups is 1. The Bertz CT molecular complexity index is 1600. The summed E-state index contributed by atoms with van der Waals surface area (Å²) in [7, 11) is 1.48. The lowest BCUT2D eigenvalue weighted by atomic mass is 9.96. The van der Waals surface area contributed by atoms with Crippen molar-refractivity contribution >= 4 is 46.2 Å². The second-order valence-electron chi connectivity index (χ2n) is 10.2. The summed E-state index contributed by atoms with van der Waals surface area (Å²) in [4.78, 5) is 18.9. The van der Waals surface area contributed by atoms with Crippen molar-refractivity contribution in [1.29, 1.82) is 0 Å². The Kier molecular flexibility index (Phi) is 8.45. The number of methoxy groups -OCH3 is 1. The average Bonchev–Trinajstić information content (AvgIpc) is 3.45. The van der Waals surface area contributed by atoms with Crippen molar-refractivity contribution in [3.05, 3.63) is 106 Å². The summed E-state index contributed by atoms with van der Waals surface area (Å²) in [5.74, 6) is -0.274. The fraction of sp³-hybridized carbons (Fsp3) is 0.281. The second-order valence-corrected chi connectivity index (χ2v) is 11.0. The highest BCUT2D eigenvalue weighted by Crippen LogP contribution is 2.45. The lowest BCUT2D eigenvalue weighted by Gasteiger charge is -2.29. The lowest BCUT2D eigenvalue weighted by molar-refractivity contribution is -0.119. The molecule has 2 aromatic heterocycles. The maximum atomic E-state index is 12.1. The van der Waals surface area contributed by atoms with E-state index in [4.69, 9.17) is 33.5 Å². The Balaban J connectivity index is 1.64. The second kappa shape index (κ2) is 12.0. The van der Waals surface area contributed by atoms with Crippen LogP contribution in [0.4, 0.5) is 11.4 Å². The molecule has 2 aromatic carbocycles. The van der Waals surface area contributed by atoms with Gasteiger partial charge in [0.05, 0.1) is 34.2 Å². The molecule has 0 radical (unpaired) electrons. The number of anilines is 2. The normalized spacial score (nSPS) is 16.6. The van der Waals surface area contributed by atoms with Gasteiger partial charge in [-0.1, -0.05) is 42.8 Å². The first kappa shape index (κ1) is 28.8. The maximum Gasteiger partial charge on any atom is 0.250 e. The monoisotopic (exact) mass is 587 g/mol. The van der Waals surface area contributed by atoms with Crippen molar-refractivity contribution in [2.24, 2.45) is 0 Å². The number of carbonyl (C=O) groups excluding carboxylic acids is 1. The van der Waals surface area contributed by atoms with E-state index in [0.717, 1.165) is 34.8 Å². The zero-order chi connectivity index (χ0) is 29.3. The van der Waals surface area contributed by atoms with Crippen LogP contribution in [-0.2, 0) is 16.0 Å². The molecule has 41 heavy (non-hydrogen) atoms. The predicted octanol–water partition coefficient (Wildman–Crippen LogP) is 6.78. The van der Waals surface area contributed by atoms with Gasteiger partial charge in [-0.2, -0.15) is 0 Å². The van der Waals surface area contributed by atoms with Crippen LogP contribution in [0, 0.1) is 20.8 Å². The molecule has 1 aliphatic heterocycles. The Hall–Kier alpha value is -3.72. The van der Waals surface area contributed by atoms with Crippen molar-refractivity contribution in [3.63, 3.8) is 0 Å². The molecule has 1 aliphatic rings. The third-order valence-electron chi connectivity index (χ3n) is 7.59. The number of aryl methyl sites for hydroxylation is 3. The van der Waals surface area contributed by atoms with Crippen molar-refractivity contribution in [1.82, 2.24) is 14.9 Å². The number of amides is 1. The van der Waals surface area contributed by atoms with Crippen molar-refractivity contribution < 1.29 is 9.53 Å². The van der Waals surface area contributed by atoms with Crippen molar-refractivity contribution in [2.75, 3.05) is 23.9 Å². The van der Waals surface area contributed by atoms with E-state index in [1.807, 2.05) is 30.3 Å². The molecule has 2 N–H and O–H groups in total. The zero-order valence-corrected chi connectivity index (χ0v) is 25.4. The quantitative estimate of drug-likeness (QED) is 0.222. The van der Waals surface area contributed by atoms with E-state index >= 15 is 0 Å². The van der Waals surface area contributed by atoms with E-state index in [-0.39, 0.29) is 24.6 Å². The van der Waals surface area contributed by atoms with Gasteiger partial charge in [-0.15, -0.1) is 0 Å². The molecule has 0 saturated carbocycles. The van der Waals surface area contributed by atoms with Gasteiger partial charge in [0.25, 0.3) is 0 Å². The maximum absolute atomic E-state index is 12.1. The number of thiocarbonyl (C=S) groups is 1. The molecule has 1 fully saturated rings. The standard InChI is InChI=1S/C32H34ClN5O2S/c1-6-22-11-9-10-19(2)30(22)37-20(3)16-24(21(37)4)31-29(27-12-7-8-15-34-27)36-32(41)38(31)23-13-14-26(25(33)17-23)35-28(39)18-40-5/h7-17,29,31H,6,18H2,1-5H3,(H,35,39)(H,36,41)/t29-,31-/m0/s1. The summed E-state index contributed by atoms with van der Waals surface area (Å²) in [6.07, 6.45) is 2.74. The topological polar surface area (TPSA) is 71.4 Å². The number of halogens is 1. The Morgan fingerprint density at radius 2 is 1.93 bits per heavy atom. The summed E-state index contributed by atoms with van der Waals surface area (Å²) in [6, 6.07) is 19.8. The molecular weight excluding hydrogens is 554 g/mol. The minimum atomic E-state index is -0.274. The Morgan fingerprint density at radius 3 is 2.61 bits per heavy atom. The number of pyridine rings is 1. The molecule has 212 valence electrons. The molecule has 0 spiro atoms. The highest BCUT2D eigenvalue weighted by atomic mass is 35.5. The molecule has 2 atom stereocenters. The van der Waals surface area contributed by atoms with Crippen LogP contribution in [0.25, 0.3) is 5.69 Å². The average molecular weight is 588 g/mol. The van der Waals surface area contributed by atoms with Crippen molar-refractivity contribution in [3.8, 4) is 5.69 Å². The van der Waals surface area contributed by atoms with Gasteiger partial charge in [-0.3, -0.25) is 9.78 Å². The van der Waals surface area contributed by atoms with Crippen LogP contribution in [0.5, 0.6) is 0 Å². The highest BCUT2D eigenvalue weighted by Gasteiger charge is 2.42. The van der Waals surface area contributed by atoms with E-state index in [1.54, 1.807) is 12.3 Å². The first-order valence-electron chi connectivity index (χ1n) is 13.6. The number of nitrogens with one attached hydrogen (secondary N) is 2. The van der Waals surface area contributed by atoms with Crippen molar-refractivity contribution in [2.45, 2.75) is 46.2 Å². The van der Waals surface area contributed by atoms with Crippen LogP contribution in [0.1, 0.15) is 52.8 Å². The molecular formula is C32H34ClN5O2S. The molecule has 4 aromatic rings. The molecule has 0 aliphatic carbocycles. The van der Waals surface area contributed by atoms with Gasteiger partial charge in [0.1, 0.15) is 6.61 Å². The minimum Gasteiger partial charge on any atom is -0.375 e. The third-order valence-corrected chi connectivity index (χ3v) is 8.22. The van der Waals surface area contributed by atoms with E-state index < -0.39 is 0 Å². The highest BCUT2D eigenvalue weighted by molar-refractivity contribution is 7.80. The SMILES string of the molecule is CCc1cccc(C)c1-n1c(C)cc([C@H]2[C@H](c3ccccn3)NC(=S)N2c2ccc(NC(=O)COC)c(Cl)c2)c1C. The molecule has 7 nitrogen and oxygen atoms in total. The number of para-hydroxylation sites is 1. The van der Waals surface area contributed by atoms with E-state index in [0.29, 0.717) is 15.8 Å². The van der Waals surface area contributed by atoms with E-state index in [9.17, 15) is 4.79 Å². The van der Waals surface area contributed by atoms with Gasteiger partial charge < -0.3 is 24.8 Å². The first-order chi connectivity index (χ1) is 19.7. The Morgan fingerprint density at radius 1 is 1.12 bits per heavy atom. The molecule has 0 bridgehead atoms.